The number of ether oxygens (including phenoxy) is 1. The molecule has 0 spiro atoms. The van der Waals surface area contributed by atoms with Crippen LogP contribution in [0.5, 0.6) is 5.75 Å². The van der Waals surface area contributed by atoms with E-state index < -0.39 is 6.61 Å². The largest absolute Gasteiger partial charge is 0.434 e. The number of nitrogens with one attached hydrogen (secondary N) is 1. The van der Waals surface area contributed by atoms with Crippen LogP contribution in [0.3, 0.4) is 0 Å². The van der Waals surface area contributed by atoms with Crippen LogP contribution in [0.15, 0.2) is 18.2 Å². The van der Waals surface area contributed by atoms with Crippen molar-refractivity contribution in [2.24, 2.45) is 5.41 Å². The fourth-order valence-corrected chi connectivity index (χ4v) is 3.07. The Morgan fingerprint density at radius 1 is 1.33 bits per heavy atom. The molecule has 3 nitrogen and oxygen atoms in total. The number of benzene rings is 1. The van der Waals surface area contributed by atoms with E-state index in [9.17, 15) is 13.9 Å². The van der Waals surface area contributed by atoms with Gasteiger partial charge in [0.15, 0.2) is 0 Å². The second kappa shape index (κ2) is 7.38. The predicted octanol–water partition coefficient (Wildman–Crippen LogP) is 3.58. The number of hydrogen-bond donors (Lipinski definition) is 2. The van der Waals surface area contributed by atoms with Crippen molar-refractivity contribution < 1.29 is 18.6 Å². The Morgan fingerprint density at radius 3 is 2.67 bits per heavy atom. The molecule has 1 fully saturated rings. The van der Waals surface area contributed by atoms with Crippen molar-refractivity contribution in [2.75, 3.05) is 13.2 Å². The van der Waals surface area contributed by atoms with Crippen molar-refractivity contribution in [1.29, 1.82) is 0 Å². The van der Waals surface area contributed by atoms with E-state index in [4.69, 9.17) is 11.6 Å². The smallest absolute Gasteiger partial charge is 0.387 e. The SMILES string of the molecule is OCC1(CNCc2cc(Cl)ccc2OC(F)F)CCCC1. The minimum absolute atomic E-state index is 0.0810. The zero-order chi connectivity index (χ0) is 15.3. The number of hydrogen-bond acceptors (Lipinski definition) is 3. The first-order chi connectivity index (χ1) is 10.0. The first-order valence-corrected chi connectivity index (χ1v) is 7.47. The highest BCUT2D eigenvalue weighted by molar-refractivity contribution is 6.30. The van der Waals surface area contributed by atoms with Gasteiger partial charge < -0.3 is 15.2 Å². The third kappa shape index (κ3) is 4.53. The molecule has 0 saturated heterocycles. The summed E-state index contributed by atoms with van der Waals surface area (Å²) in [5, 5.41) is 13.3. The number of rotatable bonds is 7. The Morgan fingerprint density at radius 2 is 2.05 bits per heavy atom. The fraction of sp³-hybridized carbons (Fsp3) is 0.600. The Balaban J connectivity index is 1.97. The maximum atomic E-state index is 12.4. The fourth-order valence-electron chi connectivity index (χ4n) is 2.88. The van der Waals surface area contributed by atoms with Gasteiger partial charge in [0.2, 0.25) is 0 Å². The molecule has 0 radical (unpaired) electrons. The highest BCUT2D eigenvalue weighted by atomic mass is 35.5. The topological polar surface area (TPSA) is 41.5 Å². The van der Waals surface area contributed by atoms with Crippen molar-refractivity contribution in [2.45, 2.75) is 38.8 Å². The maximum Gasteiger partial charge on any atom is 0.387 e. The molecule has 0 bridgehead atoms. The second-order valence-electron chi connectivity index (χ2n) is 5.60. The van der Waals surface area contributed by atoms with Crippen LogP contribution < -0.4 is 10.1 Å². The molecule has 2 rings (SSSR count). The van der Waals surface area contributed by atoms with Crippen LogP contribution in [-0.2, 0) is 6.54 Å². The van der Waals surface area contributed by atoms with Gasteiger partial charge in [0.05, 0.1) is 0 Å². The first kappa shape index (κ1) is 16.5. The summed E-state index contributed by atoms with van der Waals surface area (Å²) in [4.78, 5) is 0. The highest BCUT2D eigenvalue weighted by Crippen LogP contribution is 2.37. The van der Waals surface area contributed by atoms with E-state index in [0.29, 0.717) is 23.7 Å². The maximum absolute atomic E-state index is 12.4. The van der Waals surface area contributed by atoms with E-state index in [-0.39, 0.29) is 17.8 Å². The van der Waals surface area contributed by atoms with Gasteiger partial charge in [-0.3, -0.25) is 0 Å². The Labute approximate surface area is 128 Å². The van der Waals surface area contributed by atoms with Crippen LogP contribution in [0.25, 0.3) is 0 Å². The lowest BCUT2D eigenvalue weighted by molar-refractivity contribution is -0.0505. The van der Waals surface area contributed by atoms with Crippen molar-refractivity contribution in [3.8, 4) is 5.75 Å². The number of alkyl halides is 2. The Kier molecular flexibility index (Phi) is 5.79. The number of halogens is 3. The highest BCUT2D eigenvalue weighted by Gasteiger charge is 2.32. The lowest BCUT2D eigenvalue weighted by Gasteiger charge is -2.27. The van der Waals surface area contributed by atoms with E-state index in [0.717, 1.165) is 25.7 Å². The second-order valence-corrected chi connectivity index (χ2v) is 6.04. The van der Waals surface area contributed by atoms with Crippen molar-refractivity contribution in [1.82, 2.24) is 5.32 Å². The molecule has 1 aliphatic carbocycles. The molecule has 6 heteroatoms. The zero-order valence-electron chi connectivity index (χ0n) is 11.7. The van der Waals surface area contributed by atoms with Crippen LogP contribution in [0.1, 0.15) is 31.2 Å². The molecule has 0 aromatic heterocycles. The summed E-state index contributed by atoms with van der Waals surface area (Å²) in [6.07, 6.45) is 4.23. The van der Waals surface area contributed by atoms with Gasteiger partial charge in [-0.1, -0.05) is 24.4 Å². The average molecular weight is 320 g/mol. The van der Waals surface area contributed by atoms with E-state index >= 15 is 0 Å². The van der Waals surface area contributed by atoms with Crippen molar-refractivity contribution in [3.05, 3.63) is 28.8 Å². The summed E-state index contributed by atoms with van der Waals surface area (Å²) < 4.78 is 29.2. The standard InChI is InChI=1S/C15H20ClF2NO2/c16-12-3-4-13(21-14(17)18)11(7-12)8-19-9-15(10-20)5-1-2-6-15/h3-4,7,14,19-20H,1-2,5-6,8-10H2. The molecule has 1 aromatic carbocycles. The molecule has 1 saturated carbocycles. The number of aliphatic hydroxyl groups excluding tert-OH is 1. The van der Waals surface area contributed by atoms with Gasteiger partial charge in [-0.2, -0.15) is 8.78 Å². The average Bonchev–Trinajstić information content (AvgIpc) is 2.91. The summed E-state index contributed by atoms with van der Waals surface area (Å²) in [6, 6.07) is 4.59. The van der Waals surface area contributed by atoms with Crippen LogP contribution >= 0.6 is 11.6 Å². The lowest BCUT2D eigenvalue weighted by atomic mass is 9.87. The molecule has 0 heterocycles. The van der Waals surface area contributed by atoms with Crippen LogP contribution in [0.4, 0.5) is 8.78 Å². The lowest BCUT2D eigenvalue weighted by Crippen LogP contribution is -2.34. The molecule has 21 heavy (non-hydrogen) atoms. The number of aliphatic hydroxyl groups is 1. The quantitative estimate of drug-likeness (QED) is 0.807. The van der Waals surface area contributed by atoms with E-state index in [2.05, 4.69) is 10.1 Å². The van der Waals surface area contributed by atoms with Gasteiger partial charge in [0.25, 0.3) is 0 Å². The molecule has 1 aliphatic rings. The molecule has 1 aromatic rings. The zero-order valence-corrected chi connectivity index (χ0v) is 12.5. The van der Waals surface area contributed by atoms with Gasteiger partial charge >= 0.3 is 6.61 Å². The summed E-state index contributed by atoms with van der Waals surface area (Å²) in [5.74, 6) is 0.131. The van der Waals surface area contributed by atoms with Gasteiger partial charge in [0, 0.05) is 35.7 Å². The molecule has 0 aliphatic heterocycles. The third-order valence-corrected chi connectivity index (χ3v) is 4.29. The molecule has 118 valence electrons. The first-order valence-electron chi connectivity index (χ1n) is 7.09. The molecule has 0 amide bonds. The summed E-state index contributed by atoms with van der Waals surface area (Å²) >= 11 is 5.90. The molecular weight excluding hydrogens is 300 g/mol. The van der Waals surface area contributed by atoms with E-state index in [1.54, 1.807) is 6.07 Å². The predicted molar refractivity (Wildman–Crippen MR) is 77.8 cm³/mol. The third-order valence-electron chi connectivity index (χ3n) is 4.05. The van der Waals surface area contributed by atoms with Gasteiger partial charge in [0.1, 0.15) is 5.75 Å². The van der Waals surface area contributed by atoms with Crippen LogP contribution in [0.2, 0.25) is 5.02 Å². The van der Waals surface area contributed by atoms with E-state index in [1.165, 1.54) is 12.1 Å². The van der Waals surface area contributed by atoms with Gasteiger partial charge in [-0.25, -0.2) is 0 Å². The Bertz CT molecular complexity index is 465. The van der Waals surface area contributed by atoms with Gasteiger partial charge in [-0.15, -0.1) is 0 Å². The monoisotopic (exact) mass is 319 g/mol. The molecule has 0 atom stereocenters. The summed E-state index contributed by atoms with van der Waals surface area (Å²) in [5.41, 5.74) is 0.511. The van der Waals surface area contributed by atoms with Crippen molar-refractivity contribution >= 4 is 11.6 Å². The summed E-state index contributed by atoms with van der Waals surface area (Å²) in [7, 11) is 0. The van der Waals surface area contributed by atoms with Gasteiger partial charge in [-0.05, 0) is 31.0 Å². The molecule has 2 N–H and O–H groups in total. The van der Waals surface area contributed by atoms with Crippen LogP contribution in [-0.4, -0.2) is 24.9 Å². The Hall–Kier alpha value is -0.910. The minimum Gasteiger partial charge on any atom is -0.434 e. The van der Waals surface area contributed by atoms with Crippen molar-refractivity contribution in [3.63, 3.8) is 0 Å². The minimum atomic E-state index is -2.86. The van der Waals surface area contributed by atoms with Crippen LogP contribution in [0, 0.1) is 5.41 Å². The normalized spacial score (nSPS) is 17.4. The van der Waals surface area contributed by atoms with E-state index in [1.807, 2.05) is 0 Å². The summed E-state index contributed by atoms with van der Waals surface area (Å²) in [6.45, 7) is -1.67. The molecular formula is C15H20ClF2NO2. The molecule has 0 unspecified atom stereocenters.